The zero-order valence-electron chi connectivity index (χ0n) is 14.1. The number of anilines is 1. The summed E-state index contributed by atoms with van der Waals surface area (Å²) in [5.41, 5.74) is 1.18. The highest BCUT2D eigenvalue weighted by Crippen LogP contribution is 2.25. The number of amides is 1. The summed E-state index contributed by atoms with van der Waals surface area (Å²) in [7, 11) is 0. The van der Waals surface area contributed by atoms with E-state index in [0.29, 0.717) is 5.92 Å². The van der Waals surface area contributed by atoms with Crippen molar-refractivity contribution >= 4 is 11.9 Å². The molecule has 5 nitrogen and oxygen atoms in total. The SMILES string of the molecule is CCc1cnc(N2CCC(CNC(=O)C3CCCC3)CC2)nc1. The van der Waals surface area contributed by atoms with Gasteiger partial charge in [0, 0.05) is 37.9 Å². The van der Waals surface area contributed by atoms with E-state index in [1.54, 1.807) is 0 Å². The van der Waals surface area contributed by atoms with Gasteiger partial charge < -0.3 is 10.2 Å². The molecule has 126 valence electrons. The quantitative estimate of drug-likeness (QED) is 0.907. The van der Waals surface area contributed by atoms with Gasteiger partial charge in [0.05, 0.1) is 0 Å². The fourth-order valence-electron chi connectivity index (χ4n) is 3.61. The highest BCUT2D eigenvalue weighted by atomic mass is 16.1. The standard InChI is InChI=1S/C18H28N4O/c1-2-14-11-20-18(21-12-14)22-9-7-15(8-10-22)13-19-17(23)16-5-3-4-6-16/h11-12,15-16H,2-10,13H2,1H3,(H,19,23). The van der Waals surface area contributed by atoms with Gasteiger partial charge in [-0.05, 0) is 43.6 Å². The predicted octanol–water partition coefficient (Wildman–Crippen LogP) is 2.56. The number of hydrogen-bond donors (Lipinski definition) is 1. The minimum atomic E-state index is 0.278. The molecule has 0 aromatic carbocycles. The Bertz CT molecular complexity index is 502. The molecule has 2 fully saturated rings. The van der Waals surface area contributed by atoms with Crippen molar-refractivity contribution in [3.8, 4) is 0 Å². The number of nitrogens with zero attached hydrogens (tertiary/aromatic N) is 3. The molecule has 1 aromatic heterocycles. The Morgan fingerprint density at radius 2 is 1.83 bits per heavy atom. The third-order valence-corrected chi connectivity index (χ3v) is 5.29. The molecule has 1 N–H and O–H groups in total. The molecule has 0 unspecified atom stereocenters. The highest BCUT2D eigenvalue weighted by molar-refractivity contribution is 5.78. The number of nitrogens with one attached hydrogen (secondary N) is 1. The zero-order chi connectivity index (χ0) is 16.1. The molecule has 5 heteroatoms. The topological polar surface area (TPSA) is 58.1 Å². The molecule has 1 aromatic rings. The fourth-order valence-corrected chi connectivity index (χ4v) is 3.61. The van der Waals surface area contributed by atoms with Gasteiger partial charge in [-0.15, -0.1) is 0 Å². The molecule has 1 amide bonds. The number of aromatic nitrogens is 2. The van der Waals surface area contributed by atoms with E-state index in [-0.39, 0.29) is 11.8 Å². The van der Waals surface area contributed by atoms with Gasteiger partial charge in [-0.25, -0.2) is 9.97 Å². The summed E-state index contributed by atoms with van der Waals surface area (Å²) < 4.78 is 0. The molecular weight excluding hydrogens is 288 g/mol. The maximum Gasteiger partial charge on any atom is 0.225 e. The summed E-state index contributed by atoms with van der Waals surface area (Å²) in [6.07, 6.45) is 11.6. The molecule has 23 heavy (non-hydrogen) atoms. The maximum absolute atomic E-state index is 12.1. The smallest absolute Gasteiger partial charge is 0.225 e. The number of hydrogen-bond acceptors (Lipinski definition) is 4. The first-order valence-electron chi connectivity index (χ1n) is 9.10. The van der Waals surface area contributed by atoms with Crippen LogP contribution >= 0.6 is 0 Å². The minimum Gasteiger partial charge on any atom is -0.356 e. The van der Waals surface area contributed by atoms with Crippen LogP contribution in [0, 0.1) is 11.8 Å². The monoisotopic (exact) mass is 316 g/mol. The van der Waals surface area contributed by atoms with E-state index in [9.17, 15) is 4.79 Å². The van der Waals surface area contributed by atoms with Gasteiger partial charge in [0.2, 0.25) is 11.9 Å². The molecule has 1 saturated carbocycles. The zero-order valence-corrected chi connectivity index (χ0v) is 14.1. The average molecular weight is 316 g/mol. The highest BCUT2D eigenvalue weighted by Gasteiger charge is 2.25. The Balaban J connectivity index is 1.41. The van der Waals surface area contributed by atoms with Crippen LogP contribution in [0.15, 0.2) is 12.4 Å². The van der Waals surface area contributed by atoms with Crippen molar-refractivity contribution in [1.29, 1.82) is 0 Å². The van der Waals surface area contributed by atoms with Crippen LogP contribution in [0.4, 0.5) is 5.95 Å². The Hall–Kier alpha value is -1.65. The van der Waals surface area contributed by atoms with Gasteiger partial charge in [0.1, 0.15) is 0 Å². The normalized spacial score (nSPS) is 20.0. The van der Waals surface area contributed by atoms with Crippen molar-refractivity contribution in [3.63, 3.8) is 0 Å². The molecule has 1 aliphatic carbocycles. The lowest BCUT2D eigenvalue weighted by Crippen LogP contribution is -2.40. The Kier molecular flexibility index (Phi) is 5.47. The lowest BCUT2D eigenvalue weighted by Gasteiger charge is -2.32. The fraction of sp³-hybridized carbons (Fsp3) is 0.722. The molecule has 1 aliphatic heterocycles. The van der Waals surface area contributed by atoms with Crippen LogP contribution in [0.3, 0.4) is 0 Å². The second kappa shape index (κ2) is 7.75. The van der Waals surface area contributed by atoms with E-state index >= 15 is 0 Å². The molecule has 3 rings (SSSR count). The Labute approximate surface area is 138 Å². The van der Waals surface area contributed by atoms with Crippen molar-refractivity contribution in [3.05, 3.63) is 18.0 Å². The van der Waals surface area contributed by atoms with E-state index < -0.39 is 0 Å². The van der Waals surface area contributed by atoms with Gasteiger partial charge in [-0.1, -0.05) is 19.8 Å². The summed E-state index contributed by atoms with van der Waals surface area (Å²) in [4.78, 5) is 23.3. The summed E-state index contributed by atoms with van der Waals surface area (Å²) in [5.74, 6) is 1.99. The molecule has 1 saturated heterocycles. The van der Waals surface area contributed by atoms with E-state index in [2.05, 4.69) is 27.1 Å². The van der Waals surface area contributed by atoms with Gasteiger partial charge in [-0.3, -0.25) is 4.79 Å². The first kappa shape index (κ1) is 16.2. The third kappa shape index (κ3) is 4.21. The van der Waals surface area contributed by atoms with Gasteiger partial charge in [0.15, 0.2) is 0 Å². The summed E-state index contributed by atoms with van der Waals surface area (Å²) in [6.45, 7) is 4.91. The summed E-state index contributed by atoms with van der Waals surface area (Å²) in [6, 6.07) is 0. The first-order valence-corrected chi connectivity index (χ1v) is 9.10. The molecule has 2 aliphatic rings. The number of piperidine rings is 1. The average Bonchev–Trinajstić information content (AvgIpc) is 3.15. The van der Waals surface area contributed by atoms with E-state index in [0.717, 1.165) is 57.7 Å². The number of rotatable bonds is 5. The van der Waals surface area contributed by atoms with Crippen molar-refractivity contribution < 1.29 is 4.79 Å². The van der Waals surface area contributed by atoms with Crippen LogP contribution in [-0.2, 0) is 11.2 Å². The molecule has 0 bridgehead atoms. The number of aryl methyl sites for hydroxylation is 1. The largest absolute Gasteiger partial charge is 0.356 e. The van der Waals surface area contributed by atoms with E-state index in [4.69, 9.17) is 0 Å². The van der Waals surface area contributed by atoms with Crippen LogP contribution in [0.5, 0.6) is 0 Å². The molecule has 2 heterocycles. The van der Waals surface area contributed by atoms with Crippen LogP contribution < -0.4 is 10.2 Å². The minimum absolute atomic E-state index is 0.278. The first-order chi connectivity index (χ1) is 11.3. The second-order valence-electron chi connectivity index (χ2n) is 6.90. The van der Waals surface area contributed by atoms with Crippen LogP contribution in [0.1, 0.15) is 51.0 Å². The Morgan fingerprint density at radius 1 is 1.17 bits per heavy atom. The van der Waals surface area contributed by atoms with E-state index in [1.165, 1.54) is 18.4 Å². The predicted molar refractivity (Wildman–Crippen MR) is 91.3 cm³/mol. The lowest BCUT2D eigenvalue weighted by atomic mass is 9.96. The van der Waals surface area contributed by atoms with Gasteiger partial charge in [0.25, 0.3) is 0 Å². The molecular formula is C18H28N4O. The van der Waals surface area contributed by atoms with E-state index in [1.807, 2.05) is 12.4 Å². The number of carbonyl (C=O) groups excluding carboxylic acids is 1. The molecule has 0 atom stereocenters. The van der Waals surface area contributed by atoms with Crippen LogP contribution in [0.25, 0.3) is 0 Å². The van der Waals surface area contributed by atoms with Crippen molar-refractivity contribution in [2.45, 2.75) is 51.9 Å². The maximum atomic E-state index is 12.1. The second-order valence-corrected chi connectivity index (χ2v) is 6.90. The van der Waals surface area contributed by atoms with Crippen molar-refractivity contribution in [2.24, 2.45) is 11.8 Å². The molecule has 0 spiro atoms. The van der Waals surface area contributed by atoms with Crippen molar-refractivity contribution in [2.75, 3.05) is 24.5 Å². The van der Waals surface area contributed by atoms with Crippen LogP contribution in [0.2, 0.25) is 0 Å². The summed E-state index contributed by atoms with van der Waals surface area (Å²) >= 11 is 0. The molecule has 0 radical (unpaired) electrons. The van der Waals surface area contributed by atoms with Gasteiger partial charge in [-0.2, -0.15) is 0 Å². The van der Waals surface area contributed by atoms with Crippen molar-refractivity contribution in [1.82, 2.24) is 15.3 Å². The lowest BCUT2D eigenvalue weighted by molar-refractivity contribution is -0.125. The van der Waals surface area contributed by atoms with Crippen LogP contribution in [-0.4, -0.2) is 35.5 Å². The Morgan fingerprint density at radius 3 is 2.43 bits per heavy atom. The number of carbonyl (C=O) groups is 1. The van der Waals surface area contributed by atoms with Gasteiger partial charge >= 0.3 is 0 Å². The third-order valence-electron chi connectivity index (χ3n) is 5.29. The summed E-state index contributed by atoms with van der Waals surface area (Å²) in [5, 5.41) is 3.18.